The van der Waals surface area contributed by atoms with Gasteiger partial charge in [0.1, 0.15) is 6.04 Å². The lowest BCUT2D eigenvalue weighted by Gasteiger charge is -2.35. The number of hydrogen-bond acceptors (Lipinski definition) is 10. The van der Waals surface area contributed by atoms with E-state index in [4.69, 9.17) is 4.74 Å². The van der Waals surface area contributed by atoms with Crippen LogP contribution in [0.3, 0.4) is 0 Å². The first kappa shape index (κ1) is 42.7. The molecular formula is C41H58N2O8S2. The smallest absolute Gasteiger partial charge is 0.306 e. The molecule has 2 heterocycles. The molecule has 2 amide bonds. The summed E-state index contributed by atoms with van der Waals surface area (Å²) in [4.78, 5) is 95.6. The number of rotatable bonds is 19. The molecule has 53 heavy (non-hydrogen) atoms. The van der Waals surface area contributed by atoms with E-state index in [0.717, 1.165) is 50.0 Å². The standard InChI is InChI=1S/C41H58N2O8S2/c1-5-13-31(39(49)34(45)18-19-36(47)42-38(28(4)44)30-16-10-7-11-17-30)22-35(46)33-24-41(52-20-12-21-53-41)26-43(33)40(50)32(29-14-8-6-9-15-29)23-37(48)51-25-27(2)3/h7,10-11,16-17,27,29,31-33,38H,5-6,8-9,12-15,18-26H2,1-4H3,(H,42,47)/t31?,32-,33-,38+/m0/s1. The lowest BCUT2D eigenvalue weighted by molar-refractivity contribution is -0.152. The monoisotopic (exact) mass is 770 g/mol. The van der Waals surface area contributed by atoms with E-state index in [0.29, 0.717) is 31.4 Å². The van der Waals surface area contributed by atoms with Gasteiger partial charge in [-0.25, -0.2) is 0 Å². The van der Waals surface area contributed by atoms with Crippen LogP contribution in [0, 0.1) is 23.7 Å². The van der Waals surface area contributed by atoms with Crippen molar-refractivity contribution in [1.82, 2.24) is 10.2 Å². The minimum atomic E-state index is -0.863. The molecular weight excluding hydrogens is 713 g/mol. The average Bonchev–Trinajstić information content (AvgIpc) is 3.52. The zero-order valence-corrected chi connectivity index (χ0v) is 33.5. The molecule has 12 heteroatoms. The SMILES string of the molecule is CCCC(CC(=O)[C@@H]1CC2(CN1C(=O)[C@@H](CC(=O)OCC(C)C)C1CCCCC1)SCCCS2)C(=O)C(=O)CCC(=O)N[C@H](C(C)=O)c1ccccc1. The van der Waals surface area contributed by atoms with Crippen molar-refractivity contribution in [3.8, 4) is 0 Å². The first-order chi connectivity index (χ1) is 25.3. The number of nitrogens with zero attached hydrogens (tertiary/aromatic N) is 1. The zero-order valence-electron chi connectivity index (χ0n) is 31.9. The Bertz CT molecular complexity index is 1450. The molecule has 4 rings (SSSR count). The molecule has 0 aromatic heterocycles. The Balaban J connectivity index is 1.47. The Morgan fingerprint density at radius 2 is 1.60 bits per heavy atom. The van der Waals surface area contributed by atoms with Gasteiger partial charge in [-0.3, -0.25) is 33.6 Å². The van der Waals surface area contributed by atoms with Gasteiger partial charge in [0, 0.05) is 38.1 Å². The van der Waals surface area contributed by atoms with Gasteiger partial charge in [0.25, 0.3) is 0 Å². The Hall–Kier alpha value is -2.99. The van der Waals surface area contributed by atoms with Gasteiger partial charge < -0.3 is 15.0 Å². The number of likely N-dealkylation sites (tertiary alicyclic amines) is 1. The second-order valence-electron chi connectivity index (χ2n) is 15.4. The maximum atomic E-state index is 14.6. The highest BCUT2D eigenvalue weighted by Crippen LogP contribution is 2.51. The Morgan fingerprint density at radius 3 is 2.23 bits per heavy atom. The second-order valence-corrected chi connectivity index (χ2v) is 18.6. The van der Waals surface area contributed by atoms with Crippen LogP contribution in [0.25, 0.3) is 0 Å². The van der Waals surface area contributed by atoms with Crippen LogP contribution in [-0.2, 0) is 38.3 Å². The molecule has 2 saturated heterocycles. The molecule has 0 radical (unpaired) electrons. The van der Waals surface area contributed by atoms with Crippen LogP contribution in [0.4, 0.5) is 0 Å². The van der Waals surface area contributed by atoms with Crippen LogP contribution >= 0.6 is 23.5 Å². The van der Waals surface area contributed by atoms with Crippen LogP contribution < -0.4 is 5.32 Å². The number of benzene rings is 1. The largest absolute Gasteiger partial charge is 0.465 e. The van der Waals surface area contributed by atoms with Crippen molar-refractivity contribution in [1.29, 1.82) is 0 Å². The number of thioether (sulfide) groups is 2. The van der Waals surface area contributed by atoms with Crippen LogP contribution in [0.2, 0.25) is 0 Å². The van der Waals surface area contributed by atoms with Crippen molar-refractivity contribution in [3.05, 3.63) is 35.9 Å². The maximum Gasteiger partial charge on any atom is 0.306 e. The summed E-state index contributed by atoms with van der Waals surface area (Å²) >= 11 is 3.57. The number of carbonyl (C=O) groups is 7. The lowest BCUT2D eigenvalue weighted by Crippen LogP contribution is -2.47. The third kappa shape index (κ3) is 12.3. The molecule has 2 aliphatic heterocycles. The molecule has 3 aliphatic rings. The molecule has 1 spiro atoms. The quantitative estimate of drug-likeness (QED) is 0.120. The van der Waals surface area contributed by atoms with Gasteiger partial charge >= 0.3 is 5.97 Å². The first-order valence-corrected chi connectivity index (χ1v) is 21.5. The summed E-state index contributed by atoms with van der Waals surface area (Å²) in [6.07, 6.45) is 6.40. The normalized spacial score (nSPS) is 20.4. The molecule has 0 bridgehead atoms. The average molecular weight is 771 g/mol. The number of ether oxygens (including phenoxy) is 1. The number of esters is 1. The van der Waals surface area contributed by atoms with Gasteiger partial charge in [-0.2, -0.15) is 0 Å². The highest BCUT2D eigenvalue weighted by Gasteiger charge is 2.52. The summed E-state index contributed by atoms with van der Waals surface area (Å²) in [5.74, 6) is -2.37. The molecule has 292 valence electrons. The van der Waals surface area contributed by atoms with Crippen molar-refractivity contribution in [2.45, 2.75) is 127 Å². The van der Waals surface area contributed by atoms with E-state index in [9.17, 15) is 33.6 Å². The number of nitrogens with one attached hydrogen (secondary N) is 1. The Kier molecular flexibility index (Phi) is 16.6. The number of hydrogen-bond donors (Lipinski definition) is 1. The van der Waals surface area contributed by atoms with Crippen molar-refractivity contribution in [3.63, 3.8) is 0 Å². The molecule has 1 saturated carbocycles. The van der Waals surface area contributed by atoms with Gasteiger partial charge in [0.2, 0.25) is 17.6 Å². The summed E-state index contributed by atoms with van der Waals surface area (Å²) in [5.41, 5.74) is 0.625. The fourth-order valence-electron chi connectivity index (χ4n) is 7.82. The maximum absolute atomic E-state index is 14.6. The fourth-order valence-corrected chi connectivity index (χ4v) is 11.2. The van der Waals surface area contributed by atoms with Crippen LogP contribution in [0.1, 0.15) is 123 Å². The number of carbonyl (C=O) groups excluding carboxylic acids is 7. The summed E-state index contributed by atoms with van der Waals surface area (Å²) in [5, 5.41) is 2.67. The van der Waals surface area contributed by atoms with Crippen molar-refractivity contribution < 1.29 is 38.3 Å². The molecule has 1 aliphatic carbocycles. The van der Waals surface area contributed by atoms with Gasteiger partial charge in [-0.05, 0) is 61.5 Å². The van der Waals surface area contributed by atoms with E-state index >= 15 is 0 Å². The second kappa shape index (κ2) is 20.6. The molecule has 1 unspecified atom stereocenters. The summed E-state index contributed by atoms with van der Waals surface area (Å²) in [6, 6.07) is 7.19. The van der Waals surface area contributed by atoms with E-state index in [2.05, 4.69) is 5.32 Å². The van der Waals surface area contributed by atoms with Crippen molar-refractivity contribution in [2.75, 3.05) is 24.7 Å². The number of Topliss-reactive ketones (excluding diaryl/α,β-unsaturated/α-hetero) is 4. The summed E-state index contributed by atoms with van der Waals surface area (Å²) in [7, 11) is 0. The van der Waals surface area contributed by atoms with E-state index in [-0.39, 0.29) is 65.7 Å². The van der Waals surface area contributed by atoms with E-state index in [1.807, 2.05) is 20.8 Å². The summed E-state index contributed by atoms with van der Waals surface area (Å²) < 4.78 is 5.20. The molecule has 3 fully saturated rings. The topological polar surface area (TPSA) is 144 Å². The lowest BCUT2D eigenvalue weighted by atomic mass is 9.77. The van der Waals surface area contributed by atoms with Crippen molar-refractivity contribution >= 4 is 64.4 Å². The first-order valence-electron chi connectivity index (χ1n) is 19.5. The molecule has 1 aromatic carbocycles. The van der Waals surface area contributed by atoms with Gasteiger partial charge in [0.05, 0.1) is 29.1 Å². The summed E-state index contributed by atoms with van der Waals surface area (Å²) in [6.45, 7) is 7.88. The predicted molar refractivity (Wildman–Crippen MR) is 208 cm³/mol. The molecule has 1 aromatic rings. The highest BCUT2D eigenvalue weighted by molar-refractivity contribution is 8.18. The van der Waals surface area contributed by atoms with Gasteiger partial charge in [0.15, 0.2) is 17.3 Å². The molecule has 4 atom stereocenters. The van der Waals surface area contributed by atoms with E-state index in [1.54, 1.807) is 58.8 Å². The van der Waals surface area contributed by atoms with E-state index in [1.165, 1.54) is 6.92 Å². The van der Waals surface area contributed by atoms with Crippen molar-refractivity contribution in [2.24, 2.45) is 23.7 Å². The number of ketones is 4. The minimum absolute atomic E-state index is 0.0154. The number of amides is 2. The van der Waals surface area contributed by atoms with E-state index < -0.39 is 47.4 Å². The van der Waals surface area contributed by atoms with Gasteiger partial charge in [-0.1, -0.05) is 76.8 Å². The third-order valence-corrected chi connectivity index (χ3v) is 14.0. The molecule has 10 nitrogen and oxygen atoms in total. The highest BCUT2D eigenvalue weighted by atomic mass is 32.2. The van der Waals surface area contributed by atoms with Crippen LogP contribution in [0.15, 0.2) is 30.3 Å². The fraction of sp³-hybridized carbons (Fsp3) is 0.683. The van der Waals surface area contributed by atoms with Gasteiger partial charge in [-0.15, -0.1) is 23.5 Å². The zero-order chi connectivity index (χ0) is 38.5. The van der Waals surface area contributed by atoms with Crippen LogP contribution in [-0.4, -0.2) is 80.6 Å². The third-order valence-electron chi connectivity index (χ3n) is 10.6. The Morgan fingerprint density at radius 1 is 0.925 bits per heavy atom. The van der Waals surface area contributed by atoms with Crippen LogP contribution in [0.5, 0.6) is 0 Å². The predicted octanol–water partition coefficient (Wildman–Crippen LogP) is 6.68. The molecule has 1 N–H and O–H groups in total. The Labute approximate surface area is 323 Å². The minimum Gasteiger partial charge on any atom is -0.465 e.